The van der Waals surface area contributed by atoms with Gasteiger partial charge in [0, 0.05) is 31.1 Å². The maximum atomic E-state index is 5.29. The molecule has 1 fully saturated rings. The van der Waals surface area contributed by atoms with Crippen LogP contribution in [-0.2, 0) is 12.0 Å². The molecular weight excluding hydrogens is 216 g/mol. The molecule has 1 aromatic heterocycles. The van der Waals surface area contributed by atoms with Gasteiger partial charge in [-0.05, 0) is 6.92 Å². The molecule has 1 atom stereocenters. The maximum Gasteiger partial charge on any atom is 0.232 e. The van der Waals surface area contributed by atoms with Gasteiger partial charge >= 0.3 is 0 Å². The van der Waals surface area contributed by atoms with Gasteiger partial charge in [0.05, 0.1) is 6.54 Å². The molecule has 0 bridgehead atoms. The van der Waals surface area contributed by atoms with Gasteiger partial charge in [0.25, 0.3) is 0 Å². The van der Waals surface area contributed by atoms with Gasteiger partial charge in [-0.25, -0.2) is 0 Å². The van der Waals surface area contributed by atoms with Crippen molar-refractivity contribution in [3.8, 4) is 0 Å². The number of nitrogens with zero attached hydrogens (tertiary/aromatic N) is 3. The summed E-state index contributed by atoms with van der Waals surface area (Å²) < 4.78 is 5.29. The van der Waals surface area contributed by atoms with Crippen LogP contribution in [0.3, 0.4) is 0 Å². The Hall–Kier alpha value is -0.940. The van der Waals surface area contributed by atoms with Crippen LogP contribution in [0, 0.1) is 0 Å². The van der Waals surface area contributed by atoms with Gasteiger partial charge in [-0.1, -0.05) is 25.9 Å². The Labute approximate surface area is 103 Å². The third-order valence-electron chi connectivity index (χ3n) is 2.93. The van der Waals surface area contributed by atoms with Crippen molar-refractivity contribution in [3.05, 3.63) is 11.7 Å². The van der Waals surface area contributed by atoms with Crippen molar-refractivity contribution in [3.63, 3.8) is 0 Å². The fourth-order valence-corrected chi connectivity index (χ4v) is 1.98. The Balaban J connectivity index is 1.97. The van der Waals surface area contributed by atoms with Gasteiger partial charge in [-0.2, -0.15) is 4.98 Å². The summed E-state index contributed by atoms with van der Waals surface area (Å²) in [7, 11) is 0. The van der Waals surface area contributed by atoms with Gasteiger partial charge in [0.2, 0.25) is 5.89 Å². The molecule has 0 aliphatic carbocycles. The molecule has 2 rings (SSSR count). The van der Waals surface area contributed by atoms with Crippen LogP contribution in [0.15, 0.2) is 4.52 Å². The van der Waals surface area contributed by atoms with E-state index in [1.165, 1.54) is 0 Å². The van der Waals surface area contributed by atoms with Crippen LogP contribution < -0.4 is 5.32 Å². The predicted octanol–water partition coefficient (Wildman–Crippen LogP) is 1.16. The zero-order valence-corrected chi connectivity index (χ0v) is 11.2. The minimum atomic E-state index is -0.0675. The second kappa shape index (κ2) is 4.74. The first kappa shape index (κ1) is 12.5. The van der Waals surface area contributed by atoms with E-state index in [9.17, 15) is 0 Å². The van der Waals surface area contributed by atoms with Gasteiger partial charge in [-0.15, -0.1) is 0 Å². The van der Waals surface area contributed by atoms with E-state index >= 15 is 0 Å². The minimum Gasteiger partial charge on any atom is -0.339 e. The van der Waals surface area contributed by atoms with Crippen LogP contribution in [0.1, 0.15) is 39.4 Å². The number of hydrogen-bond acceptors (Lipinski definition) is 5. The molecule has 5 nitrogen and oxygen atoms in total. The Morgan fingerprint density at radius 1 is 1.47 bits per heavy atom. The molecule has 0 radical (unpaired) electrons. The second-order valence-corrected chi connectivity index (χ2v) is 5.86. The van der Waals surface area contributed by atoms with E-state index in [1.807, 2.05) is 0 Å². The molecule has 5 heteroatoms. The Morgan fingerprint density at radius 3 is 2.82 bits per heavy atom. The first-order chi connectivity index (χ1) is 7.95. The summed E-state index contributed by atoms with van der Waals surface area (Å²) in [5.74, 6) is 1.51. The quantitative estimate of drug-likeness (QED) is 0.838. The van der Waals surface area contributed by atoms with E-state index in [0.717, 1.165) is 37.9 Å². The van der Waals surface area contributed by atoms with Crippen molar-refractivity contribution in [1.82, 2.24) is 20.4 Å². The smallest absolute Gasteiger partial charge is 0.232 e. The minimum absolute atomic E-state index is 0.0675. The summed E-state index contributed by atoms with van der Waals surface area (Å²) in [6.07, 6.45) is 0. The third-order valence-corrected chi connectivity index (χ3v) is 2.93. The number of piperazine rings is 1. The van der Waals surface area contributed by atoms with E-state index in [0.29, 0.717) is 6.04 Å². The van der Waals surface area contributed by atoms with Gasteiger partial charge < -0.3 is 9.84 Å². The molecule has 1 saturated heterocycles. The molecule has 1 aliphatic heterocycles. The lowest BCUT2D eigenvalue weighted by Crippen LogP contribution is -2.48. The largest absolute Gasteiger partial charge is 0.339 e. The summed E-state index contributed by atoms with van der Waals surface area (Å²) >= 11 is 0. The highest BCUT2D eigenvalue weighted by molar-refractivity contribution is 4.98. The van der Waals surface area contributed by atoms with Crippen molar-refractivity contribution in [1.29, 1.82) is 0 Å². The number of rotatable bonds is 2. The van der Waals surface area contributed by atoms with Crippen LogP contribution in [0.2, 0.25) is 0 Å². The Bertz CT molecular complexity index is 369. The van der Waals surface area contributed by atoms with E-state index < -0.39 is 0 Å². The molecule has 0 spiro atoms. The molecule has 0 amide bonds. The number of aromatic nitrogens is 2. The molecule has 0 saturated carbocycles. The molecule has 2 heterocycles. The summed E-state index contributed by atoms with van der Waals surface area (Å²) in [4.78, 5) is 6.82. The molecule has 1 aliphatic rings. The lowest BCUT2D eigenvalue weighted by atomic mass is 9.97. The van der Waals surface area contributed by atoms with Gasteiger partial charge in [-0.3, -0.25) is 4.90 Å². The lowest BCUT2D eigenvalue weighted by molar-refractivity contribution is 0.193. The average molecular weight is 238 g/mol. The third kappa shape index (κ3) is 3.26. The van der Waals surface area contributed by atoms with E-state index in [-0.39, 0.29) is 5.41 Å². The average Bonchev–Trinajstić information content (AvgIpc) is 2.65. The second-order valence-electron chi connectivity index (χ2n) is 5.86. The summed E-state index contributed by atoms with van der Waals surface area (Å²) in [5, 5.41) is 7.47. The topological polar surface area (TPSA) is 54.2 Å². The Kier molecular flexibility index (Phi) is 3.49. The van der Waals surface area contributed by atoms with Crippen molar-refractivity contribution in [2.24, 2.45) is 0 Å². The highest BCUT2D eigenvalue weighted by Crippen LogP contribution is 2.20. The van der Waals surface area contributed by atoms with Crippen LogP contribution in [-0.4, -0.2) is 40.7 Å². The first-order valence-corrected chi connectivity index (χ1v) is 6.24. The van der Waals surface area contributed by atoms with Gasteiger partial charge in [0.1, 0.15) is 0 Å². The van der Waals surface area contributed by atoms with Crippen molar-refractivity contribution in [2.75, 3.05) is 19.6 Å². The zero-order chi connectivity index (χ0) is 12.5. The molecule has 0 aromatic carbocycles. The first-order valence-electron chi connectivity index (χ1n) is 6.24. The lowest BCUT2D eigenvalue weighted by Gasteiger charge is -2.30. The molecule has 1 aromatic rings. The van der Waals surface area contributed by atoms with Crippen LogP contribution in [0.5, 0.6) is 0 Å². The van der Waals surface area contributed by atoms with Crippen LogP contribution in [0.4, 0.5) is 0 Å². The van der Waals surface area contributed by atoms with E-state index in [4.69, 9.17) is 4.52 Å². The summed E-state index contributed by atoms with van der Waals surface area (Å²) in [6.45, 7) is 12.3. The summed E-state index contributed by atoms with van der Waals surface area (Å²) in [6, 6.07) is 0.540. The monoisotopic (exact) mass is 238 g/mol. The number of nitrogens with one attached hydrogen (secondary N) is 1. The number of hydrogen-bond donors (Lipinski definition) is 1. The molecule has 1 unspecified atom stereocenters. The fraction of sp³-hybridized carbons (Fsp3) is 0.833. The molecular formula is C12H22N4O. The maximum absolute atomic E-state index is 5.29. The zero-order valence-electron chi connectivity index (χ0n) is 11.2. The van der Waals surface area contributed by atoms with Crippen molar-refractivity contribution >= 4 is 0 Å². The molecule has 17 heavy (non-hydrogen) atoms. The standard InChI is InChI=1S/C12H22N4O/c1-9-7-16(6-5-13-9)8-10-14-11(17-15-10)12(2,3)4/h9,13H,5-8H2,1-4H3. The van der Waals surface area contributed by atoms with E-state index in [2.05, 4.69) is 48.1 Å². The predicted molar refractivity (Wildman–Crippen MR) is 65.7 cm³/mol. The fourth-order valence-electron chi connectivity index (χ4n) is 1.98. The highest BCUT2D eigenvalue weighted by Gasteiger charge is 2.23. The molecule has 1 N–H and O–H groups in total. The van der Waals surface area contributed by atoms with Crippen molar-refractivity contribution < 1.29 is 4.52 Å². The normalized spacial score (nSPS) is 22.9. The molecule has 96 valence electrons. The van der Waals surface area contributed by atoms with Crippen LogP contribution >= 0.6 is 0 Å². The van der Waals surface area contributed by atoms with Crippen molar-refractivity contribution in [2.45, 2.75) is 45.7 Å². The SMILES string of the molecule is CC1CN(Cc2noc(C(C)(C)C)n2)CCN1. The summed E-state index contributed by atoms with van der Waals surface area (Å²) in [5.41, 5.74) is -0.0675. The highest BCUT2D eigenvalue weighted by atomic mass is 16.5. The van der Waals surface area contributed by atoms with E-state index in [1.54, 1.807) is 0 Å². The van der Waals surface area contributed by atoms with Gasteiger partial charge in [0.15, 0.2) is 5.82 Å². The Morgan fingerprint density at radius 2 is 2.24 bits per heavy atom. The van der Waals surface area contributed by atoms with Crippen LogP contribution in [0.25, 0.3) is 0 Å².